The Hall–Kier alpha value is -2.05. The van der Waals surface area contributed by atoms with Crippen molar-refractivity contribution in [2.24, 2.45) is 0 Å². The van der Waals surface area contributed by atoms with E-state index in [-0.39, 0.29) is 5.91 Å². The Morgan fingerprint density at radius 1 is 1.24 bits per heavy atom. The van der Waals surface area contributed by atoms with Gasteiger partial charge in [0.1, 0.15) is 10.7 Å². The third-order valence-corrected chi connectivity index (χ3v) is 4.85. The van der Waals surface area contributed by atoms with Gasteiger partial charge in [-0.1, -0.05) is 6.07 Å². The largest absolute Gasteiger partial charge is 0.336 e. The highest BCUT2D eigenvalue weighted by Gasteiger charge is 2.16. The van der Waals surface area contributed by atoms with E-state index in [1.54, 1.807) is 35.7 Å². The lowest BCUT2D eigenvalue weighted by Crippen LogP contribution is -2.26. The van der Waals surface area contributed by atoms with Gasteiger partial charge in [0, 0.05) is 31.4 Å². The maximum Gasteiger partial charge on any atom is 0.273 e. The molecule has 0 bridgehead atoms. The molecule has 0 aliphatic rings. The molecule has 0 radical (unpaired) electrons. The molecule has 0 fully saturated rings. The summed E-state index contributed by atoms with van der Waals surface area (Å²) in [4.78, 5) is 23.6. The van der Waals surface area contributed by atoms with Crippen molar-refractivity contribution in [3.63, 3.8) is 0 Å². The van der Waals surface area contributed by atoms with E-state index in [4.69, 9.17) is 0 Å². The van der Waals surface area contributed by atoms with Crippen LogP contribution in [0.5, 0.6) is 0 Å². The van der Waals surface area contributed by atoms with Crippen LogP contribution in [-0.2, 0) is 6.54 Å². The molecule has 0 aromatic carbocycles. The molecule has 0 aliphatic carbocycles. The smallest absolute Gasteiger partial charge is 0.273 e. The minimum atomic E-state index is -0.0640. The minimum absolute atomic E-state index is 0.0640. The zero-order valence-corrected chi connectivity index (χ0v) is 13.0. The zero-order chi connectivity index (χ0) is 14.7. The summed E-state index contributed by atoms with van der Waals surface area (Å²) in [7, 11) is 1.78. The molecule has 1 amide bonds. The molecule has 0 atom stereocenters. The minimum Gasteiger partial charge on any atom is -0.336 e. The molecule has 0 saturated heterocycles. The van der Waals surface area contributed by atoms with Crippen LogP contribution in [0.1, 0.15) is 16.1 Å². The van der Waals surface area contributed by atoms with E-state index < -0.39 is 0 Å². The first-order valence-corrected chi connectivity index (χ1v) is 8.14. The SMILES string of the molecule is CN(Cc1ccncc1)C(=O)c1csc(-c2cccs2)n1. The number of pyridine rings is 1. The van der Waals surface area contributed by atoms with E-state index in [2.05, 4.69) is 9.97 Å². The lowest BCUT2D eigenvalue weighted by molar-refractivity contribution is 0.0780. The Bertz CT molecular complexity index is 722. The Kier molecular flexibility index (Phi) is 4.08. The van der Waals surface area contributed by atoms with Crippen LogP contribution < -0.4 is 0 Å². The van der Waals surface area contributed by atoms with Crippen LogP contribution in [0.2, 0.25) is 0 Å². The maximum absolute atomic E-state index is 12.4. The van der Waals surface area contributed by atoms with Crippen molar-refractivity contribution < 1.29 is 4.79 Å². The number of amides is 1. The van der Waals surface area contributed by atoms with Crippen LogP contribution in [0.25, 0.3) is 9.88 Å². The van der Waals surface area contributed by atoms with E-state index in [9.17, 15) is 4.79 Å². The summed E-state index contributed by atoms with van der Waals surface area (Å²) in [5, 5.41) is 4.72. The molecule has 3 aromatic rings. The standard InChI is InChI=1S/C15H13N3OS2/c1-18(9-11-4-6-16-7-5-11)15(19)12-10-21-14(17-12)13-3-2-8-20-13/h2-8,10H,9H2,1H3. The molecule has 3 rings (SSSR count). The van der Waals surface area contributed by atoms with Crippen LogP contribution >= 0.6 is 22.7 Å². The summed E-state index contributed by atoms with van der Waals surface area (Å²) in [5.41, 5.74) is 1.55. The fourth-order valence-electron chi connectivity index (χ4n) is 1.91. The summed E-state index contributed by atoms with van der Waals surface area (Å²) >= 11 is 3.13. The summed E-state index contributed by atoms with van der Waals surface area (Å²) in [6.45, 7) is 0.549. The summed E-state index contributed by atoms with van der Waals surface area (Å²) in [6.07, 6.45) is 3.46. The summed E-state index contributed by atoms with van der Waals surface area (Å²) < 4.78 is 0. The van der Waals surface area contributed by atoms with Crippen LogP contribution in [0.4, 0.5) is 0 Å². The van der Waals surface area contributed by atoms with Crippen molar-refractivity contribution in [1.82, 2.24) is 14.9 Å². The van der Waals surface area contributed by atoms with Crippen LogP contribution in [-0.4, -0.2) is 27.8 Å². The van der Waals surface area contributed by atoms with Crippen LogP contribution in [0, 0.1) is 0 Å². The molecule has 21 heavy (non-hydrogen) atoms. The maximum atomic E-state index is 12.4. The van der Waals surface area contributed by atoms with Gasteiger partial charge in [0.2, 0.25) is 0 Å². The second-order valence-corrected chi connectivity index (χ2v) is 6.34. The normalized spacial score (nSPS) is 10.5. The third kappa shape index (κ3) is 3.17. The van der Waals surface area contributed by atoms with Gasteiger partial charge in [-0.05, 0) is 29.1 Å². The van der Waals surface area contributed by atoms with Gasteiger partial charge in [-0.2, -0.15) is 0 Å². The predicted molar refractivity (Wildman–Crippen MR) is 85.5 cm³/mol. The lowest BCUT2D eigenvalue weighted by atomic mass is 10.2. The lowest BCUT2D eigenvalue weighted by Gasteiger charge is -2.15. The topological polar surface area (TPSA) is 46.1 Å². The quantitative estimate of drug-likeness (QED) is 0.740. The fourth-order valence-corrected chi connectivity index (χ4v) is 3.52. The predicted octanol–water partition coefficient (Wildman–Crippen LogP) is 3.54. The van der Waals surface area contributed by atoms with Gasteiger partial charge in [-0.15, -0.1) is 22.7 Å². The Morgan fingerprint density at radius 2 is 2.05 bits per heavy atom. The van der Waals surface area contributed by atoms with Gasteiger partial charge in [0.25, 0.3) is 5.91 Å². The van der Waals surface area contributed by atoms with E-state index >= 15 is 0 Å². The van der Waals surface area contributed by atoms with Gasteiger partial charge in [-0.3, -0.25) is 9.78 Å². The highest BCUT2D eigenvalue weighted by molar-refractivity contribution is 7.20. The second-order valence-electron chi connectivity index (χ2n) is 4.53. The van der Waals surface area contributed by atoms with Crippen molar-refractivity contribution in [1.29, 1.82) is 0 Å². The Morgan fingerprint density at radius 3 is 2.76 bits per heavy atom. The van der Waals surface area contributed by atoms with Gasteiger partial charge in [0.05, 0.1) is 4.88 Å². The average Bonchev–Trinajstić information content (AvgIpc) is 3.18. The number of carbonyl (C=O) groups excluding carboxylic acids is 1. The van der Waals surface area contributed by atoms with Gasteiger partial charge in [-0.25, -0.2) is 4.98 Å². The fraction of sp³-hybridized carbons (Fsp3) is 0.133. The molecule has 6 heteroatoms. The number of hydrogen-bond acceptors (Lipinski definition) is 5. The second kappa shape index (κ2) is 6.15. The molecular formula is C15H13N3OS2. The third-order valence-electron chi connectivity index (χ3n) is 2.97. The molecule has 4 nitrogen and oxygen atoms in total. The molecule has 3 aromatic heterocycles. The number of thiophene rings is 1. The number of aromatic nitrogens is 2. The van der Waals surface area contributed by atoms with Crippen LogP contribution in [0.3, 0.4) is 0 Å². The van der Waals surface area contributed by atoms with Crippen molar-refractivity contribution in [3.8, 4) is 9.88 Å². The van der Waals surface area contributed by atoms with Gasteiger partial charge < -0.3 is 4.90 Å². The molecule has 0 N–H and O–H groups in total. The van der Waals surface area contributed by atoms with Gasteiger partial charge in [0.15, 0.2) is 0 Å². The number of nitrogens with zero attached hydrogens (tertiary/aromatic N) is 3. The van der Waals surface area contributed by atoms with E-state index in [1.165, 1.54) is 11.3 Å². The van der Waals surface area contributed by atoms with Crippen LogP contribution in [0.15, 0.2) is 47.4 Å². The number of thiazole rings is 1. The number of rotatable bonds is 4. The zero-order valence-electron chi connectivity index (χ0n) is 11.4. The summed E-state index contributed by atoms with van der Waals surface area (Å²) in [5.74, 6) is -0.0640. The van der Waals surface area contributed by atoms with E-state index in [1.807, 2.05) is 35.0 Å². The number of carbonyl (C=O) groups is 1. The first-order chi connectivity index (χ1) is 10.2. The Labute approximate surface area is 130 Å². The molecule has 0 unspecified atom stereocenters. The first kappa shape index (κ1) is 13.9. The van der Waals surface area contributed by atoms with Crippen molar-refractivity contribution in [2.45, 2.75) is 6.54 Å². The molecule has 3 heterocycles. The van der Waals surface area contributed by atoms with Crippen molar-refractivity contribution in [3.05, 3.63) is 58.7 Å². The average molecular weight is 315 g/mol. The molecule has 0 saturated carbocycles. The molecular weight excluding hydrogens is 302 g/mol. The highest BCUT2D eigenvalue weighted by atomic mass is 32.1. The molecule has 106 valence electrons. The van der Waals surface area contributed by atoms with Crippen molar-refractivity contribution >= 4 is 28.6 Å². The first-order valence-electron chi connectivity index (χ1n) is 6.38. The van der Waals surface area contributed by atoms with E-state index in [0.29, 0.717) is 12.2 Å². The van der Waals surface area contributed by atoms with Gasteiger partial charge >= 0.3 is 0 Å². The number of hydrogen-bond donors (Lipinski definition) is 0. The molecule has 0 spiro atoms. The molecule has 0 aliphatic heterocycles. The Balaban J connectivity index is 1.73. The summed E-state index contributed by atoms with van der Waals surface area (Å²) in [6, 6.07) is 7.81. The highest BCUT2D eigenvalue weighted by Crippen LogP contribution is 2.28. The van der Waals surface area contributed by atoms with Crippen molar-refractivity contribution in [2.75, 3.05) is 7.05 Å². The van der Waals surface area contributed by atoms with E-state index in [0.717, 1.165) is 15.4 Å². The monoisotopic (exact) mass is 315 g/mol.